The van der Waals surface area contributed by atoms with Crippen LogP contribution in [0.1, 0.15) is 16.5 Å². The van der Waals surface area contributed by atoms with Gasteiger partial charge < -0.3 is 5.11 Å². The van der Waals surface area contributed by atoms with Gasteiger partial charge in [0.05, 0.1) is 11.1 Å². The van der Waals surface area contributed by atoms with Crippen molar-refractivity contribution in [3.8, 4) is 0 Å². The zero-order valence-corrected chi connectivity index (χ0v) is 12.4. The number of hydrogen-bond acceptors (Lipinski definition) is 2. The van der Waals surface area contributed by atoms with Crippen LogP contribution in [0.2, 0.25) is 5.02 Å². The highest BCUT2D eigenvalue weighted by molar-refractivity contribution is 7.19. The van der Waals surface area contributed by atoms with Crippen molar-refractivity contribution in [1.29, 1.82) is 0 Å². The highest BCUT2D eigenvalue weighted by Gasteiger charge is 2.15. The van der Waals surface area contributed by atoms with Crippen LogP contribution < -0.4 is 0 Å². The molecule has 2 aromatic carbocycles. The summed E-state index contributed by atoms with van der Waals surface area (Å²) in [5, 5.41) is 11.1. The molecule has 1 heterocycles. The molecule has 5 heteroatoms. The lowest BCUT2D eigenvalue weighted by Gasteiger charge is -2.10. The first-order valence-corrected chi connectivity index (χ1v) is 7.54. The van der Waals surface area contributed by atoms with Crippen LogP contribution in [-0.4, -0.2) is 5.11 Å². The summed E-state index contributed by atoms with van der Waals surface area (Å²) in [4.78, 5) is 0.705. The van der Waals surface area contributed by atoms with E-state index in [2.05, 4.69) is 0 Å². The molecule has 0 aliphatic carbocycles. The molecule has 0 bridgehead atoms. The number of hydrogen-bond donors (Lipinski definition) is 1. The maximum Gasteiger partial charge on any atom is 0.142 e. The van der Waals surface area contributed by atoms with Crippen molar-refractivity contribution in [2.75, 3.05) is 0 Å². The number of benzene rings is 2. The first kappa shape index (κ1) is 14.4. The van der Waals surface area contributed by atoms with Crippen LogP contribution in [-0.2, 0) is 6.42 Å². The summed E-state index contributed by atoms with van der Waals surface area (Å²) in [7, 11) is 0. The first-order valence-electron chi connectivity index (χ1n) is 6.34. The molecule has 3 aromatic rings. The largest absolute Gasteiger partial charge is 0.387 e. The van der Waals surface area contributed by atoms with Crippen LogP contribution in [0, 0.1) is 11.6 Å². The zero-order chi connectivity index (χ0) is 15.0. The maximum absolute atomic E-state index is 13.4. The minimum atomic E-state index is -0.801. The van der Waals surface area contributed by atoms with Gasteiger partial charge in [0.15, 0.2) is 0 Å². The smallest absolute Gasteiger partial charge is 0.142 e. The first-order chi connectivity index (χ1) is 10.0. The van der Waals surface area contributed by atoms with Gasteiger partial charge in [0.2, 0.25) is 0 Å². The standard InChI is InChI=1S/C16H11ClF2OS/c17-16-9(2-1-3-12(16)19)7-13(20)15-8-10-6-11(18)4-5-14(10)21-15/h1-6,8,13,20H,7H2. The fourth-order valence-electron chi connectivity index (χ4n) is 2.21. The number of aliphatic hydroxyl groups is 1. The van der Waals surface area contributed by atoms with Crippen molar-refractivity contribution in [2.24, 2.45) is 0 Å². The molecule has 1 unspecified atom stereocenters. The molecule has 0 saturated carbocycles. The second kappa shape index (κ2) is 5.72. The summed E-state index contributed by atoms with van der Waals surface area (Å²) in [6.07, 6.45) is -0.587. The summed E-state index contributed by atoms with van der Waals surface area (Å²) in [5.41, 5.74) is 0.549. The fraction of sp³-hybridized carbons (Fsp3) is 0.125. The number of rotatable bonds is 3. The average Bonchev–Trinajstić information content (AvgIpc) is 2.87. The highest BCUT2D eigenvalue weighted by Crippen LogP contribution is 2.33. The molecule has 1 aromatic heterocycles. The molecular formula is C16H11ClF2OS. The fourth-order valence-corrected chi connectivity index (χ4v) is 3.45. The molecule has 108 valence electrons. The van der Waals surface area contributed by atoms with Gasteiger partial charge in [-0.05, 0) is 41.3 Å². The van der Waals surface area contributed by atoms with E-state index < -0.39 is 11.9 Å². The minimum absolute atomic E-state index is 0.0312. The number of aliphatic hydroxyl groups excluding tert-OH is 1. The molecule has 0 aliphatic heterocycles. The van der Waals surface area contributed by atoms with Crippen molar-refractivity contribution in [3.63, 3.8) is 0 Å². The molecule has 0 spiro atoms. The van der Waals surface area contributed by atoms with Crippen molar-refractivity contribution < 1.29 is 13.9 Å². The summed E-state index contributed by atoms with van der Waals surface area (Å²) >= 11 is 7.28. The molecule has 0 fully saturated rings. The third-order valence-electron chi connectivity index (χ3n) is 3.27. The van der Waals surface area contributed by atoms with Crippen LogP contribution >= 0.6 is 22.9 Å². The van der Waals surface area contributed by atoms with Crippen LogP contribution in [0.25, 0.3) is 10.1 Å². The SMILES string of the molecule is OC(Cc1cccc(F)c1Cl)c1cc2cc(F)ccc2s1. The van der Waals surface area contributed by atoms with E-state index in [9.17, 15) is 13.9 Å². The Morgan fingerprint density at radius 3 is 2.76 bits per heavy atom. The monoisotopic (exact) mass is 324 g/mol. The predicted molar refractivity (Wildman–Crippen MR) is 81.9 cm³/mol. The van der Waals surface area contributed by atoms with E-state index in [4.69, 9.17) is 11.6 Å². The second-order valence-electron chi connectivity index (χ2n) is 4.76. The van der Waals surface area contributed by atoms with Gasteiger partial charge in [-0.3, -0.25) is 0 Å². The van der Waals surface area contributed by atoms with Crippen LogP contribution in [0.15, 0.2) is 42.5 Å². The van der Waals surface area contributed by atoms with Crippen LogP contribution in [0.4, 0.5) is 8.78 Å². The van der Waals surface area contributed by atoms with Crippen LogP contribution in [0.3, 0.4) is 0 Å². The summed E-state index contributed by atoms with van der Waals surface area (Å²) in [6, 6.07) is 10.8. The Hall–Kier alpha value is -1.49. The van der Waals surface area contributed by atoms with E-state index in [1.165, 1.54) is 29.5 Å². The summed E-state index contributed by atoms with van der Waals surface area (Å²) in [6.45, 7) is 0. The van der Waals surface area contributed by atoms with E-state index in [0.717, 1.165) is 10.1 Å². The molecule has 0 saturated heterocycles. The van der Waals surface area contributed by atoms with E-state index in [1.54, 1.807) is 24.3 Å². The Labute approximate surface area is 129 Å². The molecule has 21 heavy (non-hydrogen) atoms. The second-order valence-corrected chi connectivity index (χ2v) is 6.26. The summed E-state index contributed by atoms with van der Waals surface area (Å²) in [5.74, 6) is -0.811. The molecule has 0 radical (unpaired) electrons. The van der Waals surface area contributed by atoms with Gasteiger partial charge in [0.1, 0.15) is 11.6 Å². The lowest BCUT2D eigenvalue weighted by molar-refractivity contribution is 0.182. The van der Waals surface area contributed by atoms with Gasteiger partial charge in [-0.15, -0.1) is 11.3 Å². The van der Waals surface area contributed by atoms with Gasteiger partial charge in [0, 0.05) is 16.0 Å². The topological polar surface area (TPSA) is 20.2 Å². The minimum Gasteiger partial charge on any atom is -0.387 e. The van der Waals surface area contributed by atoms with E-state index in [1.807, 2.05) is 0 Å². The Morgan fingerprint density at radius 1 is 1.14 bits per heavy atom. The lowest BCUT2D eigenvalue weighted by Crippen LogP contribution is -2.00. The molecule has 0 aliphatic rings. The zero-order valence-electron chi connectivity index (χ0n) is 10.8. The average molecular weight is 325 g/mol. The maximum atomic E-state index is 13.4. The molecule has 3 rings (SSSR count). The van der Waals surface area contributed by atoms with Crippen LogP contribution in [0.5, 0.6) is 0 Å². The Bertz CT molecular complexity index is 800. The molecule has 0 amide bonds. The van der Waals surface area contributed by atoms with Gasteiger partial charge >= 0.3 is 0 Å². The highest BCUT2D eigenvalue weighted by atomic mass is 35.5. The van der Waals surface area contributed by atoms with Crippen molar-refractivity contribution >= 4 is 33.0 Å². The van der Waals surface area contributed by atoms with Crippen molar-refractivity contribution in [3.05, 3.63) is 69.6 Å². The third kappa shape index (κ3) is 2.93. The van der Waals surface area contributed by atoms with E-state index >= 15 is 0 Å². The Morgan fingerprint density at radius 2 is 1.95 bits per heavy atom. The quantitative estimate of drug-likeness (QED) is 0.710. The predicted octanol–water partition coefficient (Wildman–Crippen LogP) is 5.11. The van der Waals surface area contributed by atoms with Gasteiger partial charge in [-0.2, -0.15) is 0 Å². The Kier molecular flexibility index (Phi) is 3.93. The lowest BCUT2D eigenvalue weighted by atomic mass is 10.1. The van der Waals surface area contributed by atoms with Gasteiger partial charge in [0.25, 0.3) is 0 Å². The van der Waals surface area contributed by atoms with E-state index in [0.29, 0.717) is 10.4 Å². The normalized spacial score (nSPS) is 12.8. The number of thiophene rings is 1. The number of halogens is 3. The molecule has 1 nitrogen and oxygen atoms in total. The van der Waals surface area contributed by atoms with Crippen molar-refractivity contribution in [1.82, 2.24) is 0 Å². The number of fused-ring (bicyclic) bond motifs is 1. The molecule has 1 N–H and O–H groups in total. The molecule has 1 atom stereocenters. The summed E-state index contributed by atoms with van der Waals surface area (Å²) < 4.78 is 27.5. The Balaban J connectivity index is 1.89. The third-order valence-corrected chi connectivity index (χ3v) is 4.91. The van der Waals surface area contributed by atoms with Gasteiger partial charge in [-0.25, -0.2) is 8.78 Å². The van der Waals surface area contributed by atoms with E-state index in [-0.39, 0.29) is 17.3 Å². The van der Waals surface area contributed by atoms with Gasteiger partial charge in [-0.1, -0.05) is 23.7 Å². The van der Waals surface area contributed by atoms with Crippen molar-refractivity contribution in [2.45, 2.75) is 12.5 Å². The molecular weight excluding hydrogens is 314 g/mol.